The lowest BCUT2D eigenvalue weighted by atomic mass is 10.1. The zero-order valence-electron chi connectivity index (χ0n) is 11.7. The van der Waals surface area contributed by atoms with Crippen molar-refractivity contribution in [3.8, 4) is 0 Å². The van der Waals surface area contributed by atoms with Crippen LogP contribution in [0.5, 0.6) is 0 Å². The second-order valence-corrected chi connectivity index (χ2v) is 5.01. The minimum atomic E-state index is -0.929. The first kappa shape index (κ1) is 15.2. The van der Waals surface area contributed by atoms with Gasteiger partial charge in [0.15, 0.2) is 5.69 Å². The van der Waals surface area contributed by atoms with Crippen LogP contribution in [-0.2, 0) is 4.79 Å². The summed E-state index contributed by atoms with van der Waals surface area (Å²) in [5.74, 6) is -0.431. The molecule has 0 aliphatic carbocycles. The van der Waals surface area contributed by atoms with Crippen LogP contribution in [0.25, 0.3) is 0 Å². The summed E-state index contributed by atoms with van der Waals surface area (Å²) in [5.41, 5.74) is 0.225. The van der Waals surface area contributed by atoms with Gasteiger partial charge in [-0.05, 0) is 13.8 Å². The van der Waals surface area contributed by atoms with E-state index in [4.69, 9.17) is 9.63 Å². The first-order chi connectivity index (χ1) is 8.82. The second-order valence-electron chi connectivity index (χ2n) is 5.01. The number of carboxylic acids is 1. The Hall–Kier alpha value is -1.85. The van der Waals surface area contributed by atoms with Crippen molar-refractivity contribution in [2.24, 2.45) is 0 Å². The molecule has 1 heterocycles. The molecule has 1 N–H and O–H groups in total. The lowest BCUT2D eigenvalue weighted by Crippen LogP contribution is -2.38. The fourth-order valence-electron chi connectivity index (χ4n) is 1.62. The molecule has 0 bridgehead atoms. The molecule has 0 fully saturated rings. The van der Waals surface area contributed by atoms with E-state index in [1.165, 1.54) is 4.90 Å². The van der Waals surface area contributed by atoms with Crippen molar-refractivity contribution < 1.29 is 19.2 Å². The van der Waals surface area contributed by atoms with E-state index >= 15 is 0 Å². The van der Waals surface area contributed by atoms with Gasteiger partial charge in [-0.2, -0.15) is 0 Å². The van der Waals surface area contributed by atoms with Crippen molar-refractivity contribution in [1.82, 2.24) is 10.1 Å². The number of carbonyl (C=O) groups excluding carboxylic acids is 1. The fraction of sp³-hybridized carbons (Fsp3) is 0.615. The molecule has 0 saturated heterocycles. The number of aliphatic carboxylic acids is 1. The van der Waals surface area contributed by atoms with Gasteiger partial charge in [0.05, 0.1) is 6.42 Å². The number of amides is 1. The van der Waals surface area contributed by atoms with Gasteiger partial charge in [-0.1, -0.05) is 19.0 Å². The number of carboxylic acid groups (broad SMARTS) is 1. The Morgan fingerprint density at radius 3 is 2.42 bits per heavy atom. The van der Waals surface area contributed by atoms with Gasteiger partial charge in [0.1, 0.15) is 5.76 Å². The third-order valence-corrected chi connectivity index (χ3v) is 2.77. The largest absolute Gasteiger partial charge is 0.481 e. The van der Waals surface area contributed by atoms with Gasteiger partial charge < -0.3 is 14.5 Å². The minimum absolute atomic E-state index is 0.0845. The maximum absolute atomic E-state index is 12.2. The van der Waals surface area contributed by atoms with Crippen LogP contribution < -0.4 is 0 Å². The van der Waals surface area contributed by atoms with Crippen LogP contribution in [0.15, 0.2) is 10.6 Å². The van der Waals surface area contributed by atoms with Crippen LogP contribution in [0, 0.1) is 0 Å². The van der Waals surface area contributed by atoms with E-state index in [9.17, 15) is 9.59 Å². The summed E-state index contributed by atoms with van der Waals surface area (Å²) in [6.07, 6.45) is -0.0845. The maximum atomic E-state index is 12.2. The molecule has 1 aromatic heterocycles. The summed E-state index contributed by atoms with van der Waals surface area (Å²) in [7, 11) is 0. The fourth-order valence-corrected chi connectivity index (χ4v) is 1.62. The lowest BCUT2D eigenvalue weighted by molar-refractivity contribution is -0.137. The second kappa shape index (κ2) is 6.36. The third-order valence-electron chi connectivity index (χ3n) is 2.77. The molecule has 106 valence electrons. The Morgan fingerprint density at radius 1 is 1.37 bits per heavy atom. The van der Waals surface area contributed by atoms with E-state index in [-0.39, 0.29) is 36.5 Å². The topological polar surface area (TPSA) is 83.6 Å². The lowest BCUT2D eigenvalue weighted by Gasteiger charge is -2.24. The van der Waals surface area contributed by atoms with Crippen molar-refractivity contribution in [3.63, 3.8) is 0 Å². The molecule has 0 aliphatic heterocycles. The summed E-state index contributed by atoms with van der Waals surface area (Å²) in [6, 6.07) is 1.52. The van der Waals surface area contributed by atoms with E-state index < -0.39 is 5.97 Å². The quantitative estimate of drug-likeness (QED) is 0.854. The molecule has 0 radical (unpaired) electrons. The minimum Gasteiger partial charge on any atom is -0.481 e. The summed E-state index contributed by atoms with van der Waals surface area (Å²) in [4.78, 5) is 24.3. The highest BCUT2D eigenvalue weighted by Gasteiger charge is 2.23. The van der Waals surface area contributed by atoms with Gasteiger partial charge in [-0.15, -0.1) is 0 Å². The summed E-state index contributed by atoms with van der Waals surface area (Å²) >= 11 is 0. The molecular weight excluding hydrogens is 248 g/mol. The summed E-state index contributed by atoms with van der Waals surface area (Å²) in [5, 5.41) is 12.5. The normalized spacial score (nSPS) is 11.1. The highest BCUT2D eigenvalue weighted by Crippen LogP contribution is 2.17. The number of hydrogen-bond acceptors (Lipinski definition) is 4. The van der Waals surface area contributed by atoms with Crippen molar-refractivity contribution in [1.29, 1.82) is 0 Å². The molecule has 0 aromatic carbocycles. The Kier molecular flexibility index (Phi) is 5.09. The predicted octanol–water partition coefficient (Wildman–Crippen LogP) is 2.12. The zero-order valence-corrected chi connectivity index (χ0v) is 11.7. The average molecular weight is 268 g/mol. The van der Waals surface area contributed by atoms with E-state index in [1.807, 2.05) is 27.7 Å². The molecule has 6 nitrogen and oxygen atoms in total. The summed E-state index contributed by atoms with van der Waals surface area (Å²) in [6.45, 7) is 7.72. The number of carbonyl (C=O) groups is 2. The first-order valence-electron chi connectivity index (χ1n) is 6.32. The van der Waals surface area contributed by atoms with Crippen LogP contribution in [0.2, 0.25) is 0 Å². The van der Waals surface area contributed by atoms with Crippen LogP contribution >= 0.6 is 0 Å². The summed E-state index contributed by atoms with van der Waals surface area (Å²) < 4.78 is 5.09. The zero-order chi connectivity index (χ0) is 14.6. The number of rotatable bonds is 6. The molecule has 0 unspecified atom stereocenters. The van der Waals surface area contributed by atoms with Gasteiger partial charge in [-0.25, -0.2) is 0 Å². The highest BCUT2D eigenvalue weighted by molar-refractivity contribution is 5.92. The van der Waals surface area contributed by atoms with Gasteiger partial charge in [0, 0.05) is 24.6 Å². The van der Waals surface area contributed by atoms with Gasteiger partial charge in [0.2, 0.25) is 0 Å². The SMILES string of the molecule is CC(C)c1cc(C(=O)N(CCC(=O)O)C(C)C)no1. The predicted molar refractivity (Wildman–Crippen MR) is 69.0 cm³/mol. The van der Waals surface area contributed by atoms with Crippen LogP contribution in [0.1, 0.15) is 56.3 Å². The first-order valence-corrected chi connectivity index (χ1v) is 6.32. The smallest absolute Gasteiger partial charge is 0.305 e. The molecule has 1 amide bonds. The third kappa shape index (κ3) is 4.08. The molecule has 1 aromatic rings. The Labute approximate surface area is 112 Å². The number of hydrogen-bond donors (Lipinski definition) is 1. The van der Waals surface area contributed by atoms with Crippen LogP contribution in [0.3, 0.4) is 0 Å². The maximum Gasteiger partial charge on any atom is 0.305 e. The molecule has 0 aliphatic rings. The molecule has 0 spiro atoms. The Bertz CT molecular complexity index is 451. The molecule has 1 rings (SSSR count). The van der Waals surface area contributed by atoms with Crippen LogP contribution in [-0.4, -0.2) is 39.6 Å². The molecular formula is C13H20N2O4. The van der Waals surface area contributed by atoms with Crippen molar-refractivity contribution in [3.05, 3.63) is 17.5 Å². The van der Waals surface area contributed by atoms with E-state index in [0.717, 1.165) is 0 Å². The van der Waals surface area contributed by atoms with Gasteiger partial charge in [-0.3, -0.25) is 9.59 Å². The highest BCUT2D eigenvalue weighted by atomic mass is 16.5. The van der Waals surface area contributed by atoms with Gasteiger partial charge in [0.25, 0.3) is 5.91 Å². The van der Waals surface area contributed by atoms with Crippen molar-refractivity contribution in [2.75, 3.05) is 6.54 Å². The number of nitrogens with zero attached hydrogens (tertiary/aromatic N) is 2. The van der Waals surface area contributed by atoms with E-state index in [1.54, 1.807) is 6.07 Å². The van der Waals surface area contributed by atoms with Gasteiger partial charge >= 0.3 is 5.97 Å². The van der Waals surface area contributed by atoms with E-state index in [2.05, 4.69) is 5.16 Å². The average Bonchev–Trinajstić information content (AvgIpc) is 2.77. The molecule has 6 heteroatoms. The molecule has 19 heavy (non-hydrogen) atoms. The molecule has 0 atom stereocenters. The standard InChI is InChI=1S/C13H20N2O4/c1-8(2)11-7-10(14-19-11)13(18)15(9(3)4)6-5-12(16)17/h7-9H,5-6H2,1-4H3,(H,16,17). The molecule has 0 saturated carbocycles. The monoisotopic (exact) mass is 268 g/mol. The van der Waals surface area contributed by atoms with Crippen LogP contribution in [0.4, 0.5) is 0 Å². The Morgan fingerprint density at radius 2 is 2.00 bits per heavy atom. The van der Waals surface area contributed by atoms with Crippen molar-refractivity contribution >= 4 is 11.9 Å². The van der Waals surface area contributed by atoms with Crippen molar-refractivity contribution in [2.45, 2.75) is 46.1 Å². The number of aromatic nitrogens is 1. The van der Waals surface area contributed by atoms with E-state index in [0.29, 0.717) is 5.76 Å². The Balaban J connectivity index is 2.83.